The summed E-state index contributed by atoms with van der Waals surface area (Å²) in [7, 11) is 0. The monoisotopic (exact) mass is 186 g/mol. The molecule has 0 aromatic carbocycles. The van der Waals surface area contributed by atoms with Crippen molar-refractivity contribution >= 4 is 11.7 Å². The highest BCUT2D eigenvalue weighted by Gasteiger charge is 2.14. The molecule has 0 aliphatic rings. The highest BCUT2D eigenvalue weighted by molar-refractivity contribution is 5.87. The molecule has 4 nitrogen and oxygen atoms in total. The summed E-state index contributed by atoms with van der Waals surface area (Å²) in [4.78, 5) is 21.7. The van der Waals surface area contributed by atoms with Crippen LogP contribution in [0.1, 0.15) is 27.2 Å². The molecule has 0 aromatic rings. The molecule has 0 radical (unpaired) electrons. The minimum Gasteiger partial charge on any atom is -0.348 e. The van der Waals surface area contributed by atoms with Crippen molar-refractivity contribution in [3.63, 3.8) is 0 Å². The molecule has 0 rings (SSSR count). The van der Waals surface area contributed by atoms with E-state index in [1.165, 1.54) is 6.92 Å². The third kappa shape index (κ3) is 6.28. The Balaban J connectivity index is 3.76. The van der Waals surface area contributed by atoms with Crippen LogP contribution in [-0.4, -0.2) is 24.3 Å². The number of ketones is 1. The molecule has 3 N–H and O–H groups in total. The van der Waals surface area contributed by atoms with Crippen LogP contribution >= 0.6 is 0 Å². The van der Waals surface area contributed by atoms with Gasteiger partial charge in [-0.25, -0.2) is 0 Å². The number of amides is 1. The van der Waals surface area contributed by atoms with E-state index < -0.39 is 6.04 Å². The van der Waals surface area contributed by atoms with Crippen LogP contribution in [0.15, 0.2) is 0 Å². The first-order valence-electron chi connectivity index (χ1n) is 4.46. The highest BCUT2D eigenvalue weighted by Crippen LogP contribution is 2.01. The zero-order chi connectivity index (χ0) is 10.4. The van der Waals surface area contributed by atoms with E-state index in [1.807, 2.05) is 13.8 Å². The van der Waals surface area contributed by atoms with Crippen LogP contribution in [0.3, 0.4) is 0 Å². The van der Waals surface area contributed by atoms with Crippen molar-refractivity contribution in [1.29, 1.82) is 0 Å². The molecule has 0 unspecified atom stereocenters. The van der Waals surface area contributed by atoms with Gasteiger partial charge in [0.05, 0.1) is 12.6 Å². The Labute approximate surface area is 78.9 Å². The lowest BCUT2D eigenvalue weighted by molar-refractivity contribution is -0.125. The van der Waals surface area contributed by atoms with Gasteiger partial charge in [0.25, 0.3) is 0 Å². The fraction of sp³-hybridized carbons (Fsp3) is 0.778. The Morgan fingerprint density at radius 2 is 1.92 bits per heavy atom. The predicted octanol–water partition coefficient (Wildman–Crippen LogP) is 0.0650. The molecule has 0 fully saturated rings. The molecule has 0 aromatic heterocycles. The van der Waals surface area contributed by atoms with Crippen molar-refractivity contribution in [2.75, 3.05) is 6.54 Å². The molecule has 0 saturated heterocycles. The quantitative estimate of drug-likeness (QED) is 0.638. The molecule has 0 aliphatic carbocycles. The summed E-state index contributed by atoms with van der Waals surface area (Å²) >= 11 is 0. The first-order chi connectivity index (χ1) is 5.93. The molecule has 0 bridgehead atoms. The maximum Gasteiger partial charge on any atom is 0.237 e. The van der Waals surface area contributed by atoms with Crippen molar-refractivity contribution in [1.82, 2.24) is 5.32 Å². The highest BCUT2D eigenvalue weighted by atomic mass is 16.2. The van der Waals surface area contributed by atoms with Gasteiger partial charge in [0, 0.05) is 0 Å². The minimum atomic E-state index is -0.501. The summed E-state index contributed by atoms with van der Waals surface area (Å²) in [5.41, 5.74) is 5.58. The van der Waals surface area contributed by atoms with Crippen molar-refractivity contribution in [2.24, 2.45) is 11.7 Å². The zero-order valence-corrected chi connectivity index (χ0v) is 8.46. The van der Waals surface area contributed by atoms with Crippen LogP contribution in [0, 0.1) is 5.92 Å². The molecule has 1 amide bonds. The van der Waals surface area contributed by atoms with E-state index in [1.54, 1.807) is 0 Å². The second-order valence-electron chi connectivity index (χ2n) is 3.66. The smallest absolute Gasteiger partial charge is 0.237 e. The average molecular weight is 186 g/mol. The topological polar surface area (TPSA) is 72.2 Å². The molecule has 1 atom stereocenters. The van der Waals surface area contributed by atoms with Gasteiger partial charge in [-0.15, -0.1) is 0 Å². The summed E-state index contributed by atoms with van der Waals surface area (Å²) in [5.74, 6) is 0.0760. The van der Waals surface area contributed by atoms with Crippen LogP contribution in [0.2, 0.25) is 0 Å². The van der Waals surface area contributed by atoms with E-state index in [0.717, 1.165) is 0 Å². The van der Waals surface area contributed by atoms with E-state index in [-0.39, 0.29) is 18.2 Å². The second-order valence-corrected chi connectivity index (χ2v) is 3.66. The molecule has 0 heterocycles. The summed E-state index contributed by atoms with van der Waals surface area (Å²) in [5, 5.41) is 2.47. The third-order valence-corrected chi connectivity index (χ3v) is 1.57. The van der Waals surface area contributed by atoms with Crippen LogP contribution in [0.4, 0.5) is 0 Å². The Morgan fingerprint density at radius 3 is 2.31 bits per heavy atom. The Kier molecular flexibility index (Phi) is 5.30. The Bertz CT molecular complexity index is 190. The lowest BCUT2D eigenvalue weighted by Gasteiger charge is -2.13. The van der Waals surface area contributed by atoms with Gasteiger partial charge in [-0.05, 0) is 19.3 Å². The van der Waals surface area contributed by atoms with Crippen molar-refractivity contribution in [3.8, 4) is 0 Å². The van der Waals surface area contributed by atoms with Gasteiger partial charge in [0.1, 0.15) is 5.78 Å². The van der Waals surface area contributed by atoms with Gasteiger partial charge in [0.15, 0.2) is 0 Å². The number of nitrogens with two attached hydrogens (primary N) is 1. The van der Waals surface area contributed by atoms with Gasteiger partial charge >= 0.3 is 0 Å². The first-order valence-corrected chi connectivity index (χ1v) is 4.46. The molecule has 0 saturated carbocycles. The largest absolute Gasteiger partial charge is 0.348 e. The second kappa shape index (κ2) is 5.70. The van der Waals surface area contributed by atoms with Crippen molar-refractivity contribution in [3.05, 3.63) is 0 Å². The van der Waals surface area contributed by atoms with Gasteiger partial charge in [-0.3, -0.25) is 9.59 Å². The van der Waals surface area contributed by atoms with Crippen LogP contribution in [0.25, 0.3) is 0 Å². The molecule has 76 valence electrons. The number of hydrogen-bond donors (Lipinski definition) is 2. The van der Waals surface area contributed by atoms with Gasteiger partial charge in [0.2, 0.25) is 5.91 Å². The number of hydrogen-bond acceptors (Lipinski definition) is 3. The maximum absolute atomic E-state index is 11.2. The van der Waals surface area contributed by atoms with Gasteiger partial charge in [-0.1, -0.05) is 13.8 Å². The average Bonchev–Trinajstić information content (AvgIpc) is 1.98. The zero-order valence-electron chi connectivity index (χ0n) is 8.46. The summed E-state index contributed by atoms with van der Waals surface area (Å²) in [6, 6.07) is -0.501. The van der Waals surface area contributed by atoms with Crippen LogP contribution in [-0.2, 0) is 9.59 Å². The number of Topliss-reactive ketones (excluding diaryl/α,β-unsaturated/α-hetero) is 1. The molecule has 0 aliphatic heterocycles. The van der Waals surface area contributed by atoms with Gasteiger partial charge in [-0.2, -0.15) is 0 Å². The maximum atomic E-state index is 11.2. The third-order valence-electron chi connectivity index (χ3n) is 1.57. The molecule has 0 spiro atoms. The van der Waals surface area contributed by atoms with Crippen molar-refractivity contribution < 1.29 is 9.59 Å². The van der Waals surface area contributed by atoms with E-state index >= 15 is 0 Å². The number of rotatable bonds is 5. The summed E-state index contributed by atoms with van der Waals surface area (Å²) in [6.07, 6.45) is 0.643. The standard InChI is InChI=1S/C9H18N2O2/c1-6(2)4-8(10)9(13)11-5-7(3)12/h6,8H,4-5,10H2,1-3H3,(H,11,13)/t8-/m0/s1. The fourth-order valence-corrected chi connectivity index (χ4v) is 0.958. The lowest BCUT2D eigenvalue weighted by Crippen LogP contribution is -2.42. The van der Waals surface area contributed by atoms with E-state index in [4.69, 9.17) is 5.73 Å². The minimum absolute atomic E-state index is 0.0647. The lowest BCUT2D eigenvalue weighted by atomic mass is 10.0. The number of carbonyl (C=O) groups is 2. The Hall–Kier alpha value is -0.900. The molecule has 13 heavy (non-hydrogen) atoms. The molecular weight excluding hydrogens is 168 g/mol. The fourth-order valence-electron chi connectivity index (χ4n) is 0.958. The van der Waals surface area contributed by atoms with E-state index in [9.17, 15) is 9.59 Å². The Morgan fingerprint density at radius 1 is 1.38 bits per heavy atom. The van der Waals surface area contributed by atoms with Crippen LogP contribution < -0.4 is 11.1 Å². The normalized spacial score (nSPS) is 12.7. The van der Waals surface area contributed by atoms with Crippen LogP contribution in [0.5, 0.6) is 0 Å². The first kappa shape index (κ1) is 12.1. The van der Waals surface area contributed by atoms with Crippen molar-refractivity contribution in [2.45, 2.75) is 33.2 Å². The van der Waals surface area contributed by atoms with Gasteiger partial charge < -0.3 is 11.1 Å². The van der Waals surface area contributed by atoms with E-state index in [0.29, 0.717) is 12.3 Å². The number of carbonyl (C=O) groups excluding carboxylic acids is 2. The number of nitrogens with one attached hydrogen (secondary N) is 1. The summed E-state index contributed by atoms with van der Waals surface area (Å²) < 4.78 is 0. The SMILES string of the molecule is CC(=O)CNC(=O)[C@@H](N)CC(C)C. The van der Waals surface area contributed by atoms with E-state index in [2.05, 4.69) is 5.32 Å². The summed E-state index contributed by atoms with van der Waals surface area (Å²) in [6.45, 7) is 5.50. The molecule has 4 heteroatoms. The molecular formula is C9H18N2O2. The predicted molar refractivity (Wildman–Crippen MR) is 51.1 cm³/mol.